The van der Waals surface area contributed by atoms with Crippen LogP contribution < -0.4 is 0 Å². The Balaban J connectivity index is 0.000000218. The van der Waals surface area contributed by atoms with Crippen LogP contribution in [0.25, 0.3) is 0 Å². The van der Waals surface area contributed by atoms with Crippen molar-refractivity contribution < 1.29 is 14.3 Å². The number of aliphatic carboxylic acids is 1. The number of pyridine rings is 1. The molecule has 0 saturated carbocycles. The second-order valence-electron chi connectivity index (χ2n) is 1.69. The van der Waals surface area contributed by atoms with E-state index in [0.717, 1.165) is 6.92 Å². The van der Waals surface area contributed by atoms with Crippen molar-refractivity contribution in [3.8, 4) is 0 Å². The molecular formula is C7H8FNO2. The average Bonchev–Trinajstić information content (AvgIpc) is 1.87. The summed E-state index contributed by atoms with van der Waals surface area (Å²) in [7, 11) is 0. The molecule has 0 saturated heterocycles. The SMILES string of the molecule is CC(=O)O.Fc1cccnc1. The summed E-state index contributed by atoms with van der Waals surface area (Å²) >= 11 is 0. The Bertz CT molecular complexity index is 209. The van der Waals surface area contributed by atoms with E-state index in [4.69, 9.17) is 9.90 Å². The van der Waals surface area contributed by atoms with Gasteiger partial charge in [-0.3, -0.25) is 9.78 Å². The normalized spacial score (nSPS) is 7.82. The van der Waals surface area contributed by atoms with Crippen LogP contribution in [-0.4, -0.2) is 16.1 Å². The quantitative estimate of drug-likeness (QED) is 0.617. The van der Waals surface area contributed by atoms with E-state index in [9.17, 15) is 4.39 Å². The number of rotatable bonds is 0. The molecule has 0 aromatic carbocycles. The molecule has 0 aliphatic heterocycles. The Labute approximate surface area is 63.5 Å². The second-order valence-corrected chi connectivity index (χ2v) is 1.69. The second kappa shape index (κ2) is 5.34. The summed E-state index contributed by atoms with van der Waals surface area (Å²) < 4.78 is 11.8. The predicted octanol–water partition coefficient (Wildman–Crippen LogP) is 1.31. The van der Waals surface area contributed by atoms with Crippen molar-refractivity contribution in [1.82, 2.24) is 4.98 Å². The molecule has 0 fully saturated rings. The van der Waals surface area contributed by atoms with Crippen LogP contribution in [0.2, 0.25) is 0 Å². The molecule has 0 amide bonds. The van der Waals surface area contributed by atoms with Crippen molar-refractivity contribution in [1.29, 1.82) is 0 Å². The molecule has 60 valence electrons. The van der Waals surface area contributed by atoms with E-state index >= 15 is 0 Å². The predicted molar refractivity (Wildman–Crippen MR) is 37.5 cm³/mol. The van der Waals surface area contributed by atoms with Crippen LogP contribution in [0, 0.1) is 5.82 Å². The lowest BCUT2D eigenvalue weighted by atomic mass is 10.5. The fourth-order valence-corrected chi connectivity index (χ4v) is 0.342. The number of nitrogens with zero attached hydrogens (tertiary/aromatic N) is 1. The van der Waals surface area contributed by atoms with Crippen LogP contribution in [0.3, 0.4) is 0 Å². The molecule has 3 nitrogen and oxygen atoms in total. The number of carboxylic acids is 1. The molecule has 11 heavy (non-hydrogen) atoms. The number of hydrogen-bond acceptors (Lipinski definition) is 2. The highest BCUT2D eigenvalue weighted by molar-refractivity contribution is 5.62. The molecule has 0 atom stereocenters. The molecule has 4 heteroatoms. The third-order valence-corrected chi connectivity index (χ3v) is 0.625. The van der Waals surface area contributed by atoms with Gasteiger partial charge in [0, 0.05) is 13.1 Å². The van der Waals surface area contributed by atoms with Gasteiger partial charge >= 0.3 is 0 Å². The Kier molecular flexibility index (Phi) is 4.64. The van der Waals surface area contributed by atoms with Gasteiger partial charge in [0.15, 0.2) is 0 Å². The lowest BCUT2D eigenvalue weighted by molar-refractivity contribution is -0.134. The molecule has 0 aliphatic carbocycles. The fraction of sp³-hybridized carbons (Fsp3) is 0.143. The zero-order chi connectivity index (χ0) is 8.69. The summed E-state index contributed by atoms with van der Waals surface area (Å²) in [5.74, 6) is -1.12. The van der Waals surface area contributed by atoms with Crippen molar-refractivity contribution in [3.63, 3.8) is 0 Å². The Hall–Kier alpha value is -1.45. The Morgan fingerprint density at radius 3 is 2.45 bits per heavy atom. The molecule has 0 spiro atoms. The summed E-state index contributed by atoms with van der Waals surface area (Å²) in [4.78, 5) is 12.5. The van der Waals surface area contributed by atoms with Crippen LogP contribution in [0.1, 0.15) is 6.92 Å². The van der Waals surface area contributed by atoms with Gasteiger partial charge in [0.1, 0.15) is 5.82 Å². The molecule has 0 unspecified atom stereocenters. The van der Waals surface area contributed by atoms with Gasteiger partial charge in [0.25, 0.3) is 5.97 Å². The molecule has 1 N–H and O–H groups in total. The molecule has 1 heterocycles. The summed E-state index contributed by atoms with van der Waals surface area (Å²) in [5, 5.41) is 7.42. The molecule has 1 aromatic heterocycles. The van der Waals surface area contributed by atoms with E-state index in [1.165, 1.54) is 18.5 Å². The maximum absolute atomic E-state index is 11.8. The van der Waals surface area contributed by atoms with Crippen LogP contribution in [0.5, 0.6) is 0 Å². The lowest BCUT2D eigenvalue weighted by Gasteiger charge is -1.78. The van der Waals surface area contributed by atoms with Crippen LogP contribution in [0.15, 0.2) is 24.5 Å². The number of hydrogen-bond donors (Lipinski definition) is 1. The van der Waals surface area contributed by atoms with Gasteiger partial charge in [-0.15, -0.1) is 0 Å². The highest BCUT2D eigenvalue weighted by atomic mass is 19.1. The van der Waals surface area contributed by atoms with E-state index in [1.54, 1.807) is 6.07 Å². The Morgan fingerprint density at radius 2 is 2.27 bits per heavy atom. The number of carbonyl (C=O) groups is 1. The summed E-state index contributed by atoms with van der Waals surface area (Å²) in [6, 6.07) is 2.91. The highest BCUT2D eigenvalue weighted by Crippen LogP contribution is 1.87. The number of aromatic nitrogens is 1. The zero-order valence-corrected chi connectivity index (χ0v) is 5.99. The van der Waals surface area contributed by atoms with Crippen molar-refractivity contribution in [2.75, 3.05) is 0 Å². The maximum Gasteiger partial charge on any atom is 0.300 e. The summed E-state index contributed by atoms with van der Waals surface area (Å²) in [6.45, 7) is 1.08. The first kappa shape index (κ1) is 9.55. The van der Waals surface area contributed by atoms with Crippen LogP contribution in [-0.2, 0) is 4.79 Å². The monoisotopic (exact) mass is 157 g/mol. The third kappa shape index (κ3) is 8.55. The van der Waals surface area contributed by atoms with Crippen molar-refractivity contribution in [3.05, 3.63) is 30.3 Å². The molecule has 0 aliphatic rings. The largest absolute Gasteiger partial charge is 0.481 e. The van der Waals surface area contributed by atoms with E-state index in [0.29, 0.717) is 0 Å². The number of halogens is 1. The van der Waals surface area contributed by atoms with Gasteiger partial charge in [-0.2, -0.15) is 0 Å². The van der Waals surface area contributed by atoms with Crippen molar-refractivity contribution in [2.24, 2.45) is 0 Å². The first-order chi connectivity index (χ1) is 5.13. The maximum atomic E-state index is 11.8. The van der Waals surface area contributed by atoms with Gasteiger partial charge in [0.2, 0.25) is 0 Å². The van der Waals surface area contributed by atoms with Crippen molar-refractivity contribution in [2.45, 2.75) is 6.92 Å². The van der Waals surface area contributed by atoms with Crippen LogP contribution >= 0.6 is 0 Å². The van der Waals surface area contributed by atoms with Gasteiger partial charge in [-0.25, -0.2) is 4.39 Å². The zero-order valence-electron chi connectivity index (χ0n) is 5.99. The smallest absolute Gasteiger partial charge is 0.300 e. The topological polar surface area (TPSA) is 50.2 Å². The fourth-order valence-electron chi connectivity index (χ4n) is 0.342. The van der Waals surface area contributed by atoms with Gasteiger partial charge < -0.3 is 5.11 Å². The first-order valence-electron chi connectivity index (χ1n) is 2.88. The minimum atomic E-state index is -0.833. The molecule has 0 bridgehead atoms. The van der Waals surface area contributed by atoms with Gasteiger partial charge in [-0.1, -0.05) is 0 Å². The standard InChI is InChI=1S/C5H4FN.C2H4O2/c6-5-2-1-3-7-4-5;1-2(3)4/h1-4H;1H3,(H,3,4). The summed E-state index contributed by atoms with van der Waals surface area (Å²) in [5.41, 5.74) is 0. The van der Waals surface area contributed by atoms with E-state index in [2.05, 4.69) is 4.98 Å². The van der Waals surface area contributed by atoms with Crippen molar-refractivity contribution >= 4 is 5.97 Å². The van der Waals surface area contributed by atoms with Crippen LogP contribution in [0.4, 0.5) is 4.39 Å². The summed E-state index contributed by atoms with van der Waals surface area (Å²) in [6.07, 6.45) is 2.70. The molecule has 1 aromatic rings. The average molecular weight is 157 g/mol. The first-order valence-corrected chi connectivity index (χ1v) is 2.88. The number of carboxylic acid groups (broad SMARTS) is 1. The Morgan fingerprint density at radius 1 is 1.73 bits per heavy atom. The highest BCUT2D eigenvalue weighted by Gasteiger charge is 1.78. The molecular weight excluding hydrogens is 149 g/mol. The van der Waals surface area contributed by atoms with E-state index in [-0.39, 0.29) is 5.82 Å². The van der Waals surface area contributed by atoms with Gasteiger partial charge in [0.05, 0.1) is 6.20 Å². The lowest BCUT2D eigenvalue weighted by Crippen LogP contribution is -1.78. The van der Waals surface area contributed by atoms with E-state index < -0.39 is 5.97 Å². The minimum absolute atomic E-state index is 0.289. The molecule has 0 radical (unpaired) electrons. The minimum Gasteiger partial charge on any atom is -0.481 e. The molecule has 1 rings (SSSR count). The van der Waals surface area contributed by atoms with Gasteiger partial charge in [-0.05, 0) is 12.1 Å². The van der Waals surface area contributed by atoms with E-state index in [1.807, 2.05) is 0 Å². The third-order valence-electron chi connectivity index (χ3n) is 0.625.